The van der Waals surface area contributed by atoms with E-state index in [0.717, 1.165) is 11.1 Å². The second-order valence-corrected chi connectivity index (χ2v) is 3.63. The highest BCUT2D eigenvalue weighted by Crippen LogP contribution is 2.15. The van der Waals surface area contributed by atoms with E-state index in [4.69, 9.17) is 5.26 Å². The van der Waals surface area contributed by atoms with Crippen LogP contribution in [0.5, 0.6) is 0 Å². The first kappa shape index (κ1) is 11.1. The summed E-state index contributed by atoms with van der Waals surface area (Å²) in [5.74, 6) is 0. The fraction of sp³-hybridized carbons (Fsp3) is 0.0667. The zero-order valence-corrected chi connectivity index (χ0v) is 9.32. The van der Waals surface area contributed by atoms with Gasteiger partial charge in [0.25, 0.3) is 0 Å². The number of benzene rings is 2. The molecule has 0 aliphatic rings. The molecule has 0 aromatic heterocycles. The van der Waals surface area contributed by atoms with E-state index < -0.39 is 6.04 Å². The molecule has 0 fully saturated rings. The summed E-state index contributed by atoms with van der Waals surface area (Å²) in [4.78, 5) is 4.30. The molecule has 1 atom stereocenters. The Balaban J connectivity index is 2.17. The zero-order valence-electron chi connectivity index (χ0n) is 9.32. The van der Waals surface area contributed by atoms with Crippen molar-refractivity contribution in [3.05, 3.63) is 71.8 Å². The lowest BCUT2D eigenvalue weighted by molar-refractivity contribution is 0.933. The van der Waals surface area contributed by atoms with Crippen LogP contribution in [0.2, 0.25) is 0 Å². The van der Waals surface area contributed by atoms with Gasteiger partial charge in [-0.25, -0.2) is 0 Å². The second-order valence-electron chi connectivity index (χ2n) is 3.63. The van der Waals surface area contributed by atoms with Gasteiger partial charge in [-0.15, -0.1) is 0 Å². The molecule has 17 heavy (non-hydrogen) atoms. The molecule has 0 amide bonds. The van der Waals surface area contributed by atoms with Crippen LogP contribution in [0.25, 0.3) is 0 Å². The topological polar surface area (TPSA) is 36.1 Å². The minimum atomic E-state index is -0.434. The van der Waals surface area contributed by atoms with Crippen LogP contribution < -0.4 is 0 Å². The molecule has 2 heteroatoms. The lowest BCUT2D eigenvalue weighted by atomic mass is 10.1. The van der Waals surface area contributed by atoms with E-state index in [1.54, 1.807) is 6.21 Å². The van der Waals surface area contributed by atoms with Gasteiger partial charge in [-0.2, -0.15) is 5.26 Å². The molecule has 0 aliphatic heterocycles. The van der Waals surface area contributed by atoms with Gasteiger partial charge in [0, 0.05) is 6.21 Å². The normalized spacial score (nSPS) is 12.2. The van der Waals surface area contributed by atoms with Crippen molar-refractivity contribution in [3.8, 4) is 6.07 Å². The van der Waals surface area contributed by atoms with Gasteiger partial charge in [0.1, 0.15) is 0 Å². The van der Waals surface area contributed by atoms with Gasteiger partial charge in [0.05, 0.1) is 6.07 Å². The third kappa shape index (κ3) is 3.02. The van der Waals surface area contributed by atoms with Crippen molar-refractivity contribution in [3.63, 3.8) is 0 Å². The predicted molar refractivity (Wildman–Crippen MR) is 68.8 cm³/mol. The molecule has 2 aromatic carbocycles. The molecule has 0 aliphatic carbocycles. The van der Waals surface area contributed by atoms with E-state index in [0.29, 0.717) is 0 Å². The molecule has 2 nitrogen and oxygen atoms in total. The van der Waals surface area contributed by atoms with Gasteiger partial charge >= 0.3 is 0 Å². The lowest BCUT2D eigenvalue weighted by Crippen LogP contribution is -1.92. The molecular formula is C15H12N2. The highest BCUT2D eigenvalue weighted by molar-refractivity contribution is 5.79. The molecule has 0 spiro atoms. The van der Waals surface area contributed by atoms with Gasteiger partial charge < -0.3 is 0 Å². The largest absolute Gasteiger partial charge is 0.269 e. The quantitative estimate of drug-likeness (QED) is 0.730. The summed E-state index contributed by atoms with van der Waals surface area (Å²) in [7, 11) is 0. The van der Waals surface area contributed by atoms with Crippen molar-refractivity contribution >= 4 is 6.21 Å². The monoisotopic (exact) mass is 220 g/mol. The summed E-state index contributed by atoms with van der Waals surface area (Å²) >= 11 is 0. The van der Waals surface area contributed by atoms with Crippen LogP contribution >= 0.6 is 0 Å². The van der Waals surface area contributed by atoms with E-state index in [9.17, 15) is 0 Å². The molecule has 0 bridgehead atoms. The Hall–Kier alpha value is -2.40. The molecule has 0 heterocycles. The average Bonchev–Trinajstić information content (AvgIpc) is 2.42. The fourth-order valence-electron chi connectivity index (χ4n) is 1.53. The van der Waals surface area contributed by atoms with Crippen molar-refractivity contribution in [1.82, 2.24) is 0 Å². The van der Waals surface area contributed by atoms with Crippen molar-refractivity contribution in [1.29, 1.82) is 5.26 Å². The van der Waals surface area contributed by atoms with Crippen LogP contribution in [-0.2, 0) is 0 Å². The third-order valence-corrected chi connectivity index (χ3v) is 2.41. The van der Waals surface area contributed by atoms with Gasteiger partial charge in [-0.3, -0.25) is 4.99 Å². The first-order chi connectivity index (χ1) is 8.40. The molecule has 0 saturated heterocycles. The van der Waals surface area contributed by atoms with Gasteiger partial charge in [-0.1, -0.05) is 60.7 Å². The lowest BCUT2D eigenvalue weighted by Gasteiger charge is -2.02. The van der Waals surface area contributed by atoms with E-state index in [-0.39, 0.29) is 0 Å². The third-order valence-electron chi connectivity index (χ3n) is 2.41. The summed E-state index contributed by atoms with van der Waals surface area (Å²) in [5.41, 5.74) is 1.92. The summed E-state index contributed by atoms with van der Waals surface area (Å²) in [5, 5.41) is 9.09. The maximum atomic E-state index is 9.09. The van der Waals surface area contributed by atoms with Crippen molar-refractivity contribution < 1.29 is 0 Å². The average molecular weight is 220 g/mol. The summed E-state index contributed by atoms with van der Waals surface area (Å²) in [6, 6.07) is 21.1. The number of hydrogen-bond donors (Lipinski definition) is 0. The summed E-state index contributed by atoms with van der Waals surface area (Å²) in [6.45, 7) is 0. The second kappa shape index (κ2) is 5.62. The van der Waals surface area contributed by atoms with Crippen LogP contribution in [0.4, 0.5) is 0 Å². The van der Waals surface area contributed by atoms with E-state index in [2.05, 4.69) is 11.1 Å². The Kier molecular flexibility index (Phi) is 3.67. The Morgan fingerprint density at radius 1 is 0.941 bits per heavy atom. The Morgan fingerprint density at radius 2 is 1.53 bits per heavy atom. The molecule has 2 aromatic rings. The van der Waals surface area contributed by atoms with Crippen molar-refractivity contribution in [2.24, 2.45) is 4.99 Å². The minimum absolute atomic E-state index is 0.434. The SMILES string of the molecule is N#C[C@@H](N=Cc1ccccc1)c1ccccc1. The summed E-state index contributed by atoms with van der Waals surface area (Å²) < 4.78 is 0. The van der Waals surface area contributed by atoms with E-state index in [1.165, 1.54) is 0 Å². The van der Waals surface area contributed by atoms with Crippen molar-refractivity contribution in [2.75, 3.05) is 0 Å². The number of nitriles is 1. The number of aliphatic imine (C=N–C) groups is 1. The molecular weight excluding hydrogens is 208 g/mol. The predicted octanol–water partition coefficient (Wildman–Crippen LogP) is 3.37. The van der Waals surface area contributed by atoms with Crippen LogP contribution in [0.1, 0.15) is 17.2 Å². The van der Waals surface area contributed by atoms with Crippen LogP contribution in [-0.4, -0.2) is 6.21 Å². The highest BCUT2D eigenvalue weighted by atomic mass is 14.8. The Bertz CT molecular complexity index is 524. The standard InChI is InChI=1S/C15H12N2/c16-11-15(14-9-5-2-6-10-14)17-12-13-7-3-1-4-8-13/h1-10,12,15H/t15-/m1/s1. The Labute approximate surface area is 101 Å². The number of hydrogen-bond acceptors (Lipinski definition) is 2. The van der Waals surface area contributed by atoms with Gasteiger partial charge in [0.15, 0.2) is 6.04 Å². The summed E-state index contributed by atoms with van der Waals surface area (Å²) in [6.07, 6.45) is 1.74. The first-order valence-corrected chi connectivity index (χ1v) is 5.43. The first-order valence-electron chi connectivity index (χ1n) is 5.43. The minimum Gasteiger partial charge on any atom is -0.269 e. The molecule has 0 saturated carbocycles. The smallest absolute Gasteiger partial charge is 0.161 e. The van der Waals surface area contributed by atoms with E-state index in [1.807, 2.05) is 60.7 Å². The maximum Gasteiger partial charge on any atom is 0.161 e. The zero-order chi connectivity index (χ0) is 11.9. The van der Waals surface area contributed by atoms with Crippen LogP contribution in [0.3, 0.4) is 0 Å². The van der Waals surface area contributed by atoms with E-state index >= 15 is 0 Å². The molecule has 0 radical (unpaired) electrons. The molecule has 0 N–H and O–H groups in total. The van der Waals surface area contributed by atoms with Gasteiger partial charge in [-0.05, 0) is 11.1 Å². The van der Waals surface area contributed by atoms with Crippen LogP contribution in [0.15, 0.2) is 65.7 Å². The maximum absolute atomic E-state index is 9.09. The Morgan fingerprint density at radius 3 is 2.12 bits per heavy atom. The molecule has 2 rings (SSSR count). The van der Waals surface area contributed by atoms with Gasteiger partial charge in [0.2, 0.25) is 0 Å². The molecule has 0 unspecified atom stereocenters. The van der Waals surface area contributed by atoms with Crippen LogP contribution in [0, 0.1) is 11.3 Å². The number of nitrogens with zero attached hydrogens (tertiary/aromatic N) is 2. The van der Waals surface area contributed by atoms with Crippen molar-refractivity contribution in [2.45, 2.75) is 6.04 Å². The molecule has 82 valence electrons. The highest BCUT2D eigenvalue weighted by Gasteiger charge is 2.05. The fourth-order valence-corrected chi connectivity index (χ4v) is 1.53. The number of rotatable bonds is 3.